The summed E-state index contributed by atoms with van der Waals surface area (Å²) in [4.78, 5) is 130. The Kier molecular flexibility index (Phi) is 23.5. The molecule has 0 radical (unpaired) electrons. The van der Waals surface area contributed by atoms with E-state index in [1.807, 2.05) is 13.8 Å². The largest absolute Gasteiger partial charge is 0.391 e. The molecule has 1 aromatic heterocycles. The average Bonchev–Trinajstić information content (AvgIpc) is 3.98. The van der Waals surface area contributed by atoms with Crippen molar-refractivity contribution in [3.8, 4) is 0 Å². The summed E-state index contributed by atoms with van der Waals surface area (Å²) in [5.74, 6) is -7.13. The number of carbonyl (C=O) groups is 9. The van der Waals surface area contributed by atoms with E-state index < -0.39 is 114 Å². The van der Waals surface area contributed by atoms with Gasteiger partial charge in [0, 0.05) is 61.0 Å². The molecule has 22 nitrogen and oxygen atoms in total. The highest BCUT2D eigenvalue weighted by atomic mass is 35.5. The van der Waals surface area contributed by atoms with Crippen LogP contribution in [0.3, 0.4) is 0 Å². The van der Waals surface area contributed by atoms with Gasteiger partial charge in [0.25, 0.3) is 0 Å². The molecule has 2 aliphatic heterocycles. The molecule has 2 fully saturated rings. The van der Waals surface area contributed by atoms with Crippen molar-refractivity contribution < 1.29 is 48.3 Å². The number of likely N-dealkylation sites (tertiary alicyclic amines) is 1. The molecule has 396 valence electrons. The lowest BCUT2D eigenvalue weighted by Gasteiger charge is -2.31. The predicted molar refractivity (Wildman–Crippen MR) is 274 cm³/mol. The number of rotatable bonds is 17. The number of amides is 9. The van der Waals surface area contributed by atoms with Crippen LogP contribution in [-0.2, 0) is 56.0 Å². The number of aliphatic hydroxyl groups excluding tert-OH is 1. The Balaban J connectivity index is 1.67. The second-order valence-electron chi connectivity index (χ2n) is 18.5. The van der Waals surface area contributed by atoms with Crippen molar-refractivity contribution in [3.63, 3.8) is 0 Å². The first-order chi connectivity index (χ1) is 34.1. The van der Waals surface area contributed by atoms with Gasteiger partial charge in [-0.1, -0.05) is 57.5 Å². The molecule has 72 heavy (non-hydrogen) atoms. The molecule has 2 aromatic rings. The zero-order valence-corrected chi connectivity index (χ0v) is 43.3. The molecule has 14 N–H and O–H groups in total. The molecule has 0 aliphatic carbocycles. The van der Waals surface area contributed by atoms with E-state index in [4.69, 9.17) is 28.8 Å². The molecular weight excluding hydrogens is 992 g/mol. The van der Waals surface area contributed by atoms with E-state index in [9.17, 15) is 48.3 Å². The maximum atomic E-state index is 14.6. The van der Waals surface area contributed by atoms with Crippen LogP contribution in [0, 0.1) is 11.8 Å². The highest BCUT2D eigenvalue weighted by Crippen LogP contribution is 2.22. The van der Waals surface area contributed by atoms with Crippen molar-refractivity contribution in [2.75, 3.05) is 31.1 Å². The van der Waals surface area contributed by atoms with E-state index in [1.54, 1.807) is 55.6 Å². The normalized spacial score (nSPS) is 23.4. The van der Waals surface area contributed by atoms with E-state index >= 15 is 0 Å². The van der Waals surface area contributed by atoms with Crippen LogP contribution in [0.5, 0.6) is 0 Å². The summed E-state index contributed by atoms with van der Waals surface area (Å²) < 4.78 is 0. The first-order valence-corrected chi connectivity index (χ1v) is 26.3. The van der Waals surface area contributed by atoms with Crippen molar-refractivity contribution in [2.24, 2.45) is 34.0 Å². The van der Waals surface area contributed by atoms with Crippen LogP contribution in [0.25, 0.3) is 0 Å². The number of benzene rings is 1. The molecular formula is C47H69ClN12O10S2. The van der Waals surface area contributed by atoms with E-state index in [0.29, 0.717) is 23.6 Å². The SMILES string of the molecule is CC(C)CNC(=O)[C@@H](CCCN=C(N)N)NC(=O)[C@@H]1C[C@@H](O)CN1C(=O)[C@@H]1CCSCCC(=O)N[C@@H](Cc2ccc(Cl)cc2)C(=O)N[C@@H](Cc2cccs2)C(=O)N[C@@H](C(C)C)C(=O)N[C@@H](CC(N)=O)C(=O)N1. The van der Waals surface area contributed by atoms with E-state index in [1.165, 1.54) is 23.1 Å². The minimum absolute atomic E-state index is 0.0213. The second-order valence-corrected chi connectivity index (χ2v) is 21.2. The van der Waals surface area contributed by atoms with E-state index in [2.05, 4.69) is 42.2 Å². The Morgan fingerprint density at radius 1 is 0.861 bits per heavy atom. The maximum absolute atomic E-state index is 14.6. The standard InChI is InChI=1S/C47H69ClN12O10S2/c1-25(2)23-53-40(64)31(8-5-15-52-47(50)51)55-44(68)36-20-29(61)24-60(36)46(70)32-13-17-71-18-14-38(63)54-33(19-27-9-11-28(48)12-10-27)41(65)57-34(21-30-7-6-16-72-30)43(67)59-39(26(3)4)45(69)58-35(22-37(49)62)42(66)56-32/h6-7,9-12,16,25-26,29,31-36,39,61H,5,8,13-15,17-24H2,1-4H3,(H2,49,62)(H,53,64)(H,54,63)(H,55,68)(H,56,66)(H,57,65)(H,58,69)(H,59,67)(H4,50,51,52)/t29-,31-,32+,33+,34+,35+,36+,39+/m1/s1. The van der Waals surface area contributed by atoms with Crippen molar-refractivity contribution in [1.82, 2.24) is 42.1 Å². The topological polar surface area (TPSA) is 352 Å². The number of aliphatic imine (C=N–C) groups is 1. The number of primary amides is 1. The molecule has 0 unspecified atom stereocenters. The monoisotopic (exact) mass is 1060 g/mol. The first kappa shape index (κ1) is 58.6. The van der Waals surface area contributed by atoms with Crippen LogP contribution < -0.4 is 54.4 Å². The van der Waals surface area contributed by atoms with Crippen LogP contribution in [-0.4, -0.2) is 149 Å². The van der Waals surface area contributed by atoms with Crippen molar-refractivity contribution in [2.45, 2.75) is 127 Å². The minimum atomic E-state index is -1.66. The number of guanidine groups is 1. The molecule has 25 heteroatoms. The summed E-state index contributed by atoms with van der Waals surface area (Å²) >= 11 is 8.71. The van der Waals surface area contributed by atoms with Crippen LogP contribution in [0.1, 0.15) is 76.7 Å². The summed E-state index contributed by atoms with van der Waals surface area (Å²) in [7, 11) is 0. The van der Waals surface area contributed by atoms with Gasteiger partial charge in [-0.15, -0.1) is 11.3 Å². The molecule has 2 aliphatic rings. The molecule has 8 atom stereocenters. The molecule has 9 amide bonds. The summed E-state index contributed by atoms with van der Waals surface area (Å²) in [6, 6.07) is 1.08. The Morgan fingerprint density at radius 2 is 1.53 bits per heavy atom. The Hall–Kier alpha value is -5.98. The highest BCUT2D eigenvalue weighted by molar-refractivity contribution is 7.99. The number of nitrogens with two attached hydrogens (primary N) is 3. The second kappa shape index (κ2) is 28.9. The van der Waals surface area contributed by atoms with Crippen molar-refractivity contribution in [1.29, 1.82) is 0 Å². The lowest BCUT2D eigenvalue weighted by molar-refractivity contribution is -0.143. The van der Waals surface area contributed by atoms with E-state index in [-0.39, 0.29) is 75.0 Å². The summed E-state index contributed by atoms with van der Waals surface area (Å²) in [6.45, 7) is 7.24. The average molecular weight is 1060 g/mol. The molecule has 0 bridgehead atoms. The lowest BCUT2D eigenvalue weighted by Crippen LogP contribution is -2.61. The number of hydrogen-bond donors (Lipinski definition) is 11. The van der Waals surface area contributed by atoms with Gasteiger partial charge in [0.05, 0.1) is 12.5 Å². The van der Waals surface area contributed by atoms with Crippen molar-refractivity contribution in [3.05, 3.63) is 57.2 Å². The molecule has 1 aromatic carbocycles. The minimum Gasteiger partial charge on any atom is -0.391 e. The number of aliphatic hydroxyl groups is 1. The maximum Gasteiger partial charge on any atom is 0.245 e. The molecule has 4 rings (SSSR count). The van der Waals surface area contributed by atoms with Gasteiger partial charge >= 0.3 is 0 Å². The fraction of sp³-hybridized carbons (Fsp3) is 0.574. The van der Waals surface area contributed by atoms with Gasteiger partial charge in [-0.25, -0.2) is 0 Å². The third kappa shape index (κ3) is 19.2. The summed E-state index contributed by atoms with van der Waals surface area (Å²) in [5, 5.41) is 32.1. The third-order valence-corrected chi connectivity index (χ3v) is 13.8. The molecule has 3 heterocycles. The van der Waals surface area contributed by atoms with Gasteiger partial charge in [0.15, 0.2) is 5.96 Å². The fourth-order valence-corrected chi connectivity index (χ4v) is 9.69. The zero-order chi connectivity index (χ0) is 53.1. The van der Waals surface area contributed by atoms with Crippen LogP contribution in [0.4, 0.5) is 0 Å². The molecule has 0 saturated carbocycles. The number of thiophene rings is 1. The molecule has 0 spiro atoms. The van der Waals surface area contributed by atoms with Gasteiger partial charge in [0.1, 0.15) is 42.3 Å². The van der Waals surface area contributed by atoms with E-state index in [0.717, 1.165) is 9.78 Å². The smallest absolute Gasteiger partial charge is 0.245 e. The fourth-order valence-electron chi connectivity index (χ4n) is 7.88. The number of nitrogens with one attached hydrogen (secondary N) is 7. The van der Waals surface area contributed by atoms with Crippen molar-refractivity contribution >= 4 is 93.8 Å². The Labute approximate surface area is 432 Å². The van der Waals surface area contributed by atoms with Gasteiger partial charge in [-0.05, 0) is 66.0 Å². The number of carbonyl (C=O) groups excluding carboxylic acids is 9. The molecule has 2 saturated heterocycles. The lowest BCUT2D eigenvalue weighted by atomic mass is 10.0. The van der Waals surface area contributed by atoms with Gasteiger partial charge in [0.2, 0.25) is 53.2 Å². The van der Waals surface area contributed by atoms with Gasteiger partial charge in [-0.2, -0.15) is 11.8 Å². The third-order valence-electron chi connectivity index (χ3n) is 11.7. The highest BCUT2D eigenvalue weighted by Gasteiger charge is 2.43. The number of halogens is 1. The quantitative estimate of drug-likeness (QED) is 0.0512. The number of β-amino-alcohol motifs (C(OH)–C–C–N with tert-alkyl or cyclic N) is 1. The summed E-state index contributed by atoms with van der Waals surface area (Å²) in [6.07, 6.45) is -1.78. The van der Waals surface area contributed by atoms with Gasteiger partial charge < -0.3 is 64.4 Å². The van der Waals surface area contributed by atoms with Crippen LogP contribution in [0.2, 0.25) is 5.02 Å². The number of nitrogens with zero attached hydrogens (tertiary/aromatic N) is 2. The zero-order valence-electron chi connectivity index (χ0n) is 40.9. The number of thioether (sulfide) groups is 1. The Bertz CT molecular complexity index is 2230. The first-order valence-electron chi connectivity index (χ1n) is 23.9. The van der Waals surface area contributed by atoms with Crippen LogP contribution in [0.15, 0.2) is 46.8 Å². The number of hydrogen-bond acceptors (Lipinski definition) is 13. The van der Waals surface area contributed by atoms with Gasteiger partial charge in [-0.3, -0.25) is 48.1 Å². The Morgan fingerprint density at radius 3 is 2.17 bits per heavy atom. The predicted octanol–water partition coefficient (Wildman–Crippen LogP) is -1.06. The van der Waals surface area contributed by atoms with Crippen LogP contribution >= 0.6 is 34.7 Å². The summed E-state index contributed by atoms with van der Waals surface area (Å²) in [5.41, 5.74) is 17.2.